The van der Waals surface area contributed by atoms with Crippen molar-refractivity contribution in [2.75, 3.05) is 14.2 Å². The molecule has 0 aliphatic rings. The van der Waals surface area contributed by atoms with Crippen LogP contribution in [0.1, 0.15) is 16.7 Å². The van der Waals surface area contributed by atoms with E-state index >= 15 is 0 Å². The molecule has 4 nitrogen and oxygen atoms in total. The van der Waals surface area contributed by atoms with Crippen LogP contribution in [0.2, 0.25) is 15.1 Å². The Morgan fingerprint density at radius 2 is 1.21 bits per heavy atom. The van der Waals surface area contributed by atoms with Crippen LogP contribution in [0.15, 0.2) is 96.0 Å². The zero-order valence-corrected chi connectivity index (χ0v) is 26.2. The summed E-state index contributed by atoms with van der Waals surface area (Å²) in [4.78, 5) is 7.25. The van der Waals surface area contributed by atoms with Crippen molar-refractivity contribution in [2.24, 2.45) is 4.99 Å². The summed E-state index contributed by atoms with van der Waals surface area (Å²) in [5.74, 6) is 2.36. The topological polar surface area (TPSA) is 34.1 Å². The van der Waals surface area contributed by atoms with Crippen LogP contribution in [0.5, 0.6) is 11.5 Å². The minimum absolute atomic E-state index is 0. The molecule has 9 heteroatoms. The van der Waals surface area contributed by atoms with Crippen molar-refractivity contribution >= 4 is 74.4 Å². The van der Waals surface area contributed by atoms with Gasteiger partial charge in [0.05, 0.1) is 35.0 Å². The van der Waals surface area contributed by atoms with Gasteiger partial charge in [-0.15, -0.1) is 17.0 Å². The quantitative estimate of drug-likeness (QED) is 0.101. The van der Waals surface area contributed by atoms with Crippen molar-refractivity contribution in [3.8, 4) is 11.5 Å². The van der Waals surface area contributed by atoms with E-state index in [1.165, 1.54) is 5.56 Å². The maximum absolute atomic E-state index is 6.55. The minimum atomic E-state index is 0. The van der Waals surface area contributed by atoms with E-state index in [0.29, 0.717) is 33.8 Å². The lowest BCUT2D eigenvalue weighted by atomic mass is 10.1. The molecular formula is C30H28BrCl3N2O2S. The molecule has 4 aromatic rings. The van der Waals surface area contributed by atoms with Crippen molar-refractivity contribution in [2.45, 2.75) is 18.8 Å². The van der Waals surface area contributed by atoms with E-state index in [4.69, 9.17) is 49.3 Å². The number of ether oxygens (including phenoxy) is 2. The van der Waals surface area contributed by atoms with Crippen molar-refractivity contribution in [3.05, 3.63) is 123 Å². The molecule has 0 saturated heterocycles. The molecule has 0 N–H and O–H groups in total. The molecule has 0 unspecified atom stereocenters. The Morgan fingerprint density at radius 1 is 0.692 bits per heavy atom. The summed E-state index contributed by atoms with van der Waals surface area (Å²) in [6.45, 7) is 1.24. The van der Waals surface area contributed by atoms with E-state index < -0.39 is 0 Å². The Kier molecular flexibility index (Phi) is 12.3. The summed E-state index contributed by atoms with van der Waals surface area (Å²) >= 11 is 20.7. The van der Waals surface area contributed by atoms with Crippen molar-refractivity contribution < 1.29 is 9.47 Å². The van der Waals surface area contributed by atoms with E-state index in [1.807, 2.05) is 42.5 Å². The highest BCUT2D eigenvalue weighted by Crippen LogP contribution is 2.35. The first-order chi connectivity index (χ1) is 18.4. The molecule has 0 atom stereocenters. The van der Waals surface area contributed by atoms with E-state index in [9.17, 15) is 0 Å². The highest BCUT2D eigenvalue weighted by atomic mass is 79.9. The first kappa shape index (κ1) is 31.2. The van der Waals surface area contributed by atoms with Gasteiger partial charge in [-0.05, 0) is 53.1 Å². The molecule has 0 amide bonds. The SMILES string of the molecule is Br.COc1ccc(CN(Cc2ccc(OC)cc2)C(=Nc2cc(Cl)c(Cl)cc2Cl)SCc2ccccc2)cc1. The van der Waals surface area contributed by atoms with Gasteiger partial charge >= 0.3 is 0 Å². The second-order valence-electron chi connectivity index (χ2n) is 8.44. The first-order valence-corrected chi connectivity index (χ1v) is 14.0. The molecule has 0 radical (unpaired) electrons. The summed E-state index contributed by atoms with van der Waals surface area (Å²) in [7, 11) is 3.33. The Hall–Kier alpha value is -2.35. The number of methoxy groups -OCH3 is 2. The third kappa shape index (κ3) is 9.09. The van der Waals surface area contributed by atoms with Crippen molar-refractivity contribution in [3.63, 3.8) is 0 Å². The maximum atomic E-state index is 6.55. The first-order valence-electron chi connectivity index (χ1n) is 11.9. The van der Waals surface area contributed by atoms with Crippen LogP contribution in [0.3, 0.4) is 0 Å². The molecule has 0 heterocycles. The van der Waals surface area contributed by atoms with Gasteiger partial charge in [0.25, 0.3) is 0 Å². The number of nitrogens with zero attached hydrogens (tertiary/aromatic N) is 2. The van der Waals surface area contributed by atoms with Crippen LogP contribution in [0.25, 0.3) is 0 Å². The average Bonchev–Trinajstić information content (AvgIpc) is 2.94. The molecule has 0 saturated carbocycles. The van der Waals surface area contributed by atoms with E-state index in [-0.39, 0.29) is 17.0 Å². The van der Waals surface area contributed by atoms with E-state index in [0.717, 1.165) is 33.5 Å². The smallest absolute Gasteiger partial charge is 0.165 e. The average molecular weight is 667 g/mol. The van der Waals surface area contributed by atoms with Crippen LogP contribution < -0.4 is 9.47 Å². The zero-order valence-electron chi connectivity index (χ0n) is 21.4. The molecule has 4 aromatic carbocycles. The van der Waals surface area contributed by atoms with Gasteiger partial charge in [-0.2, -0.15) is 0 Å². The molecule has 39 heavy (non-hydrogen) atoms. The molecular weight excluding hydrogens is 639 g/mol. The lowest BCUT2D eigenvalue weighted by Crippen LogP contribution is -2.28. The van der Waals surface area contributed by atoms with Gasteiger partial charge in [-0.1, -0.05) is 101 Å². The van der Waals surface area contributed by atoms with E-state index in [2.05, 4.69) is 41.3 Å². The van der Waals surface area contributed by atoms with Crippen LogP contribution in [-0.4, -0.2) is 24.3 Å². The molecule has 0 aliphatic carbocycles. The van der Waals surface area contributed by atoms with Gasteiger partial charge in [0.1, 0.15) is 11.5 Å². The van der Waals surface area contributed by atoms with Crippen LogP contribution >= 0.6 is 63.5 Å². The number of halogens is 4. The van der Waals surface area contributed by atoms with Gasteiger partial charge in [0, 0.05) is 18.8 Å². The summed E-state index contributed by atoms with van der Waals surface area (Å²) < 4.78 is 10.7. The predicted octanol–water partition coefficient (Wildman–Crippen LogP) is 9.87. The molecule has 0 bridgehead atoms. The third-order valence-electron chi connectivity index (χ3n) is 5.75. The predicted molar refractivity (Wildman–Crippen MR) is 172 cm³/mol. The fourth-order valence-electron chi connectivity index (χ4n) is 3.71. The zero-order chi connectivity index (χ0) is 26.9. The maximum Gasteiger partial charge on any atom is 0.165 e. The van der Waals surface area contributed by atoms with Gasteiger partial charge in [-0.25, -0.2) is 4.99 Å². The van der Waals surface area contributed by atoms with Gasteiger partial charge in [0.2, 0.25) is 0 Å². The summed E-state index contributed by atoms with van der Waals surface area (Å²) in [6, 6.07) is 29.7. The minimum Gasteiger partial charge on any atom is -0.497 e. The van der Waals surface area contributed by atoms with Gasteiger partial charge < -0.3 is 14.4 Å². The number of amidine groups is 1. The van der Waals surface area contributed by atoms with E-state index in [1.54, 1.807) is 38.1 Å². The summed E-state index contributed by atoms with van der Waals surface area (Å²) in [5.41, 5.74) is 3.99. The summed E-state index contributed by atoms with van der Waals surface area (Å²) in [6.07, 6.45) is 0. The third-order valence-corrected chi connectivity index (χ3v) is 7.86. The summed E-state index contributed by atoms with van der Waals surface area (Å²) in [5, 5.41) is 2.04. The molecule has 0 aliphatic heterocycles. The van der Waals surface area contributed by atoms with Gasteiger partial charge in [-0.3, -0.25) is 0 Å². The highest BCUT2D eigenvalue weighted by Gasteiger charge is 2.17. The Bertz CT molecular complexity index is 1320. The number of benzene rings is 4. The Morgan fingerprint density at radius 3 is 1.72 bits per heavy atom. The molecule has 204 valence electrons. The Labute approximate surface area is 259 Å². The highest BCUT2D eigenvalue weighted by molar-refractivity contribution is 8.93. The molecule has 4 rings (SSSR count). The van der Waals surface area contributed by atoms with Crippen LogP contribution in [0.4, 0.5) is 5.69 Å². The largest absolute Gasteiger partial charge is 0.497 e. The standard InChI is InChI=1S/C30H27Cl3N2O2S.BrH/c1-36-24-12-8-21(9-13-24)18-35(19-22-10-14-25(37-2)15-11-22)30(38-20-23-6-4-3-5-7-23)34-29-17-27(32)26(31)16-28(29)33;/h3-17H,18-20H2,1-2H3;1H. The second kappa shape index (κ2) is 15.4. The number of rotatable bonds is 9. The Balaban J connectivity index is 0.00000420. The lowest BCUT2D eigenvalue weighted by molar-refractivity contribution is 0.405. The second-order valence-corrected chi connectivity index (χ2v) is 10.6. The number of hydrogen-bond donors (Lipinski definition) is 0. The normalized spacial score (nSPS) is 11.1. The molecule has 0 aromatic heterocycles. The monoisotopic (exact) mass is 664 g/mol. The number of aliphatic imine (C=N–C) groups is 1. The number of hydrogen-bond acceptors (Lipinski definition) is 4. The van der Waals surface area contributed by atoms with Crippen molar-refractivity contribution in [1.29, 1.82) is 0 Å². The van der Waals surface area contributed by atoms with Crippen molar-refractivity contribution in [1.82, 2.24) is 4.90 Å². The fourth-order valence-corrected chi connectivity index (χ4v) is 5.26. The molecule has 0 spiro atoms. The van der Waals surface area contributed by atoms with Crippen LogP contribution in [-0.2, 0) is 18.8 Å². The lowest BCUT2D eigenvalue weighted by Gasteiger charge is -2.27. The fraction of sp³-hybridized carbons (Fsp3) is 0.167. The van der Waals surface area contributed by atoms with Crippen LogP contribution in [0, 0.1) is 0 Å². The number of thioether (sulfide) groups is 1. The molecule has 0 fully saturated rings. The van der Waals surface area contributed by atoms with Gasteiger partial charge in [0.15, 0.2) is 5.17 Å².